The van der Waals surface area contributed by atoms with Gasteiger partial charge in [0, 0.05) is 11.1 Å². The summed E-state index contributed by atoms with van der Waals surface area (Å²) in [5.74, 6) is 0.862. The highest BCUT2D eigenvalue weighted by Crippen LogP contribution is 2.23. The van der Waals surface area contributed by atoms with E-state index >= 15 is 0 Å². The van der Waals surface area contributed by atoms with Crippen molar-refractivity contribution in [2.45, 2.75) is 20.0 Å². The lowest BCUT2D eigenvalue weighted by Crippen LogP contribution is -2.08. The molecule has 0 aliphatic heterocycles. The van der Waals surface area contributed by atoms with Crippen LogP contribution in [0, 0.1) is 0 Å². The van der Waals surface area contributed by atoms with Crippen molar-refractivity contribution >= 4 is 11.9 Å². The van der Waals surface area contributed by atoms with E-state index in [0.29, 0.717) is 5.56 Å². The Morgan fingerprint density at radius 2 is 1.64 bits per heavy atom. The Hall–Kier alpha value is -2.55. The zero-order chi connectivity index (χ0) is 15.9. The van der Waals surface area contributed by atoms with Crippen molar-refractivity contribution in [3.05, 3.63) is 71.5 Å². The summed E-state index contributed by atoms with van der Waals surface area (Å²) in [6.45, 7) is 3.93. The number of hydrogen-bond acceptors (Lipinski definition) is 3. The van der Waals surface area contributed by atoms with Gasteiger partial charge in [0.2, 0.25) is 5.78 Å². The van der Waals surface area contributed by atoms with Crippen molar-refractivity contribution in [3.8, 4) is 5.75 Å². The lowest BCUT2D eigenvalue weighted by atomic mass is 10.1. The Kier molecular flexibility index (Phi) is 5.37. The molecule has 0 heterocycles. The number of rotatable bonds is 6. The summed E-state index contributed by atoms with van der Waals surface area (Å²) in [6.07, 6.45) is 1.78. The topological polar surface area (TPSA) is 35.5 Å². The van der Waals surface area contributed by atoms with E-state index in [4.69, 9.17) is 9.47 Å². The van der Waals surface area contributed by atoms with Gasteiger partial charge in [0.25, 0.3) is 0 Å². The summed E-state index contributed by atoms with van der Waals surface area (Å²) in [5.41, 5.74) is 1.41. The number of allylic oxidation sites excluding steroid dienone is 1. The minimum Gasteiger partial charge on any atom is -0.493 e. The minimum atomic E-state index is -0.151. The predicted molar refractivity (Wildman–Crippen MR) is 88.0 cm³/mol. The van der Waals surface area contributed by atoms with Gasteiger partial charge in [-0.3, -0.25) is 4.79 Å². The molecular weight excluding hydrogens is 276 g/mol. The first-order valence-electron chi connectivity index (χ1n) is 7.23. The highest BCUT2D eigenvalue weighted by molar-refractivity contribution is 6.09. The van der Waals surface area contributed by atoms with E-state index < -0.39 is 0 Å². The summed E-state index contributed by atoms with van der Waals surface area (Å²) in [5, 5.41) is 0. The van der Waals surface area contributed by atoms with Crippen LogP contribution in [0.1, 0.15) is 29.8 Å². The fourth-order valence-electron chi connectivity index (χ4n) is 2.05. The van der Waals surface area contributed by atoms with E-state index in [1.807, 2.05) is 56.3 Å². The first-order chi connectivity index (χ1) is 10.6. The molecule has 0 N–H and O–H groups in total. The van der Waals surface area contributed by atoms with Gasteiger partial charge in [0.1, 0.15) is 5.75 Å². The first-order valence-corrected chi connectivity index (χ1v) is 7.23. The van der Waals surface area contributed by atoms with Crippen LogP contribution in [0.3, 0.4) is 0 Å². The Morgan fingerprint density at radius 1 is 1.00 bits per heavy atom. The van der Waals surface area contributed by atoms with Gasteiger partial charge < -0.3 is 9.47 Å². The van der Waals surface area contributed by atoms with Crippen LogP contribution in [0.4, 0.5) is 0 Å². The van der Waals surface area contributed by atoms with Crippen LogP contribution >= 0.6 is 0 Å². The molecule has 0 aliphatic carbocycles. The SMILES string of the molecule is CO/C(=C\c1ccccc1OC(C)C)C(=O)c1ccccc1. The second kappa shape index (κ2) is 7.46. The van der Waals surface area contributed by atoms with Gasteiger partial charge in [-0.1, -0.05) is 48.5 Å². The molecular formula is C19H20O3. The third-order valence-corrected chi connectivity index (χ3v) is 3.05. The van der Waals surface area contributed by atoms with Crippen LogP contribution in [0.2, 0.25) is 0 Å². The molecule has 0 fully saturated rings. The molecule has 0 bridgehead atoms. The minimum absolute atomic E-state index is 0.0605. The van der Waals surface area contributed by atoms with Gasteiger partial charge in [0.05, 0.1) is 13.2 Å². The molecule has 114 valence electrons. The second-order valence-electron chi connectivity index (χ2n) is 5.11. The van der Waals surface area contributed by atoms with E-state index in [9.17, 15) is 4.79 Å². The normalized spacial score (nSPS) is 11.4. The number of carbonyl (C=O) groups is 1. The van der Waals surface area contributed by atoms with Gasteiger partial charge in [-0.05, 0) is 26.0 Å². The molecule has 2 aromatic rings. The fraction of sp³-hybridized carbons (Fsp3) is 0.211. The Bertz CT molecular complexity index is 657. The van der Waals surface area contributed by atoms with E-state index in [2.05, 4.69) is 0 Å². The fourth-order valence-corrected chi connectivity index (χ4v) is 2.05. The van der Waals surface area contributed by atoms with Crippen molar-refractivity contribution in [1.29, 1.82) is 0 Å². The summed E-state index contributed by atoms with van der Waals surface area (Å²) >= 11 is 0. The maximum Gasteiger partial charge on any atom is 0.227 e. The largest absolute Gasteiger partial charge is 0.493 e. The van der Waals surface area contributed by atoms with Gasteiger partial charge in [-0.25, -0.2) is 0 Å². The van der Waals surface area contributed by atoms with Crippen LogP contribution in [-0.2, 0) is 4.74 Å². The molecule has 0 radical (unpaired) electrons. The third kappa shape index (κ3) is 3.98. The van der Waals surface area contributed by atoms with Gasteiger partial charge in [-0.15, -0.1) is 0 Å². The van der Waals surface area contributed by atoms with Crippen LogP contribution < -0.4 is 4.74 Å². The highest BCUT2D eigenvalue weighted by atomic mass is 16.5. The third-order valence-electron chi connectivity index (χ3n) is 3.05. The summed E-state index contributed by atoms with van der Waals surface area (Å²) in [4.78, 5) is 12.5. The summed E-state index contributed by atoms with van der Waals surface area (Å²) in [6, 6.07) is 16.7. The smallest absolute Gasteiger partial charge is 0.227 e. The van der Waals surface area contributed by atoms with Crippen molar-refractivity contribution in [1.82, 2.24) is 0 Å². The molecule has 0 saturated carbocycles. The molecule has 0 aromatic heterocycles. The number of Topliss-reactive ketones (excluding diaryl/α,β-unsaturated/α-hetero) is 1. The maximum atomic E-state index is 12.5. The highest BCUT2D eigenvalue weighted by Gasteiger charge is 2.14. The lowest BCUT2D eigenvalue weighted by Gasteiger charge is -2.13. The predicted octanol–water partition coefficient (Wildman–Crippen LogP) is 4.34. The quantitative estimate of drug-likeness (QED) is 0.452. The Balaban J connectivity index is 2.35. The average Bonchev–Trinajstić information content (AvgIpc) is 2.53. The second-order valence-corrected chi connectivity index (χ2v) is 5.11. The number of carbonyl (C=O) groups excluding carboxylic acids is 1. The van der Waals surface area contributed by atoms with E-state index in [1.165, 1.54) is 7.11 Å². The van der Waals surface area contributed by atoms with Crippen LogP contribution in [0.25, 0.3) is 6.08 Å². The molecule has 0 aliphatic rings. The number of ketones is 1. The van der Waals surface area contributed by atoms with E-state index in [1.54, 1.807) is 18.2 Å². The zero-order valence-corrected chi connectivity index (χ0v) is 13.1. The number of hydrogen-bond donors (Lipinski definition) is 0. The first kappa shape index (κ1) is 15.8. The van der Waals surface area contributed by atoms with Gasteiger partial charge in [0.15, 0.2) is 5.76 Å². The van der Waals surface area contributed by atoms with Gasteiger partial charge in [-0.2, -0.15) is 0 Å². The van der Waals surface area contributed by atoms with Crippen molar-refractivity contribution in [2.75, 3.05) is 7.11 Å². The standard InChI is InChI=1S/C19H20O3/c1-14(2)22-17-12-8-7-11-16(17)13-18(21-3)19(20)15-9-5-4-6-10-15/h4-14H,1-3H3/b18-13-. The Labute approximate surface area is 131 Å². The van der Waals surface area contributed by atoms with Crippen molar-refractivity contribution in [2.24, 2.45) is 0 Å². The van der Waals surface area contributed by atoms with Crippen molar-refractivity contribution in [3.63, 3.8) is 0 Å². The molecule has 0 spiro atoms. The maximum absolute atomic E-state index is 12.5. The molecule has 0 atom stereocenters. The van der Waals surface area contributed by atoms with Crippen LogP contribution in [-0.4, -0.2) is 19.0 Å². The van der Waals surface area contributed by atoms with Crippen LogP contribution in [0.15, 0.2) is 60.4 Å². The molecule has 2 rings (SSSR count). The van der Waals surface area contributed by atoms with E-state index in [0.717, 1.165) is 11.3 Å². The number of methoxy groups -OCH3 is 1. The molecule has 0 saturated heterocycles. The molecule has 0 amide bonds. The molecule has 22 heavy (non-hydrogen) atoms. The lowest BCUT2D eigenvalue weighted by molar-refractivity contribution is 0.0957. The summed E-state index contributed by atoms with van der Waals surface area (Å²) < 4.78 is 11.1. The van der Waals surface area contributed by atoms with Crippen molar-refractivity contribution < 1.29 is 14.3 Å². The van der Waals surface area contributed by atoms with E-state index in [-0.39, 0.29) is 17.6 Å². The summed E-state index contributed by atoms with van der Waals surface area (Å²) in [7, 11) is 1.50. The molecule has 0 unspecified atom stereocenters. The zero-order valence-electron chi connectivity index (χ0n) is 13.1. The van der Waals surface area contributed by atoms with Gasteiger partial charge >= 0.3 is 0 Å². The molecule has 3 nitrogen and oxygen atoms in total. The number of benzene rings is 2. The number of para-hydroxylation sites is 1. The average molecular weight is 296 g/mol. The molecule has 3 heteroatoms. The monoisotopic (exact) mass is 296 g/mol. The Morgan fingerprint density at radius 3 is 2.27 bits per heavy atom. The number of ether oxygens (including phenoxy) is 2. The molecule has 2 aromatic carbocycles. The van der Waals surface area contributed by atoms with Crippen LogP contribution in [0.5, 0.6) is 5.75 Å².